The Labute approximate surface area is 123 Å². The normalized spacial score (nSPS) is 21.2. The molecule has 0 bridgehead atoms. The summed E-state index contributed by atoms with van der Waals surface area (Å²) >= 11 is 0. The van der Waals surface area contributed by atoms with Crippen LogP contribution in [0.15, 0.2) is 0 Å². The Morgan fingerprint density at radius 3 is 2.75 bits per heavy atom. The summed E-state index contributed by atoms with van der Waals surface area (Å²) in [6, 6.07) is 0.435. The molecule has 20 heavy (non-hydrogen) atoms. The van der Waals surface area contributed by atoms with E-state index in [9.17, 15) is 8.42 Å². The minimum Gasteiger partial charge on any atom is -0.384 e. The van der Waals surface area contributed by atoms with Gasteiger partial charge in [-0.25, -0.2) is 0 Å². The van der Waals surface area contributed by atoms with Crippen molar-refractivity contribution in [2.24, 2.45) is 5.92 Å². The molecule has 0 aromatic carbocycles. The lowest BCUT2D eigenvalue weighted by Gasteiger charge is -2.24. The summed E-state index contributed by atoms with van der Waals surface area (Å²) in [5, 5.41) is 3.29. The van der Waals surface area contributed by atoms with Crippen LogP contribution in [-0.2, 0) is 14.9 Å². The average molecular weight is 307 g/mol. The van der Waals surface area contributed by atoms with E-state index in [4.69, 9.17) is 4.74 Å². The lowest BCUT2D eigenvalue weighted by molar-refractivity contribution is 0.157. The Balaban J connectivity index is 2.39. The quantitative estimate of drug-likeness (QED) is 0.631. The average Bonchev–Trinajstić information content (AvgIpc) is 2.83. The first-order chi connectivity index (χ1) is 9.37. The maximum Gasteiger partial charge on any atom is 0.281 e. The summed E-state index contributed by atoms with van der Waals surface area (Å²) in [5.41, 5.74) is 0. The molecule has 0 amide bonds. The molecule has 1 unspecified atom stereocenters. The predicted molar refractivity (Wildman–Crippen MR) is 80.9 cm³/mol. The number of hydrogen-bond donors (Lipinski definition) is 1. The molecule has 1 aliphatic heterocycles. The van der Waals surface area contributed by atoms with Crippen LogP contribution in [-0.4, -0.2) is 70.0 Å². The second-order valence-electron chi connectivity index (χ2n) is 5.76. The fourth-order valence-corrected chi connectivity index (χ4v) is 3.87. The fraction of sp³-hybridized carbons (Fsp3) is 1.00. The molecule has 1 aliphatic rings. The van der Waals surface area contributed by atoms with Crippen LogP contribution in [0.25, 0.3) is 0 Å². The van der Waals surface area contributed by atoms with Crippen LogP contribution < -0.4 is 5.32 Å². The van der Waals surface area contributed by atoms with Crippen LogP contribution >= 0.6 is 0 Å². The van der Waals surface area contributed by atoms with E-state index in [0.717, 1.165) is 19.4 Å². The van der Waals surface area contributed by atoms with Crippen LogP contribution in [0.4, 0.5) is 0 Å². The molecule has 0 radical (unpaired) electrons. The molecular formula is C13H29N3O3S. The Kier molecular flexibility index (Phi) is 7.39. The monoisotopic (exact) mass is 307 g/mol. The van der Waals surface area contributed by atoms with Crippen molar-refractivity contribution in [3.8, 4) is 0 Å². The maximum absolute atomic E-state index is 12.4. The summed E-state index contributed by atoms with van der Waals surface area (Å²) in [4.78, 5) is 0. The first-order valence-electron chi connectivity index (χ1n) is 7.31. The largest absolute Gasteiger partial charge is 0.384 e. The van der Waals surface area contributed by atoms with E-state index >= 15 is 0 Å². The highest BCUT2D eigenvalue weighted by atomic mass is 32.2. The summed E-state index contributed by atoms with van der Waals surface area (Å²) in [5.74, 6) is 0.325. The van der Waals surface area contributed by atoms with Crippen molar-refractivity contribution in [1.82, 2.24) is 13.9 Å². The van der Waals surface area contributed by atoms with Crippen molar-refractivity contribution >= 4 is 10.2 Å². The van der Waals surface area contributed by atoms with Gasteiger partial charge in [-0.3, -0.25) is 0 Å². The molecule has 1 saturated heterocycles. The van der Waals surface area contributed by atoms with Crippen LogP contribution in [0.5, 0.6) is 0 Å². The van der Waals surface area contributed by atoms with Crippen LogP contribution in [0.2, 0.25) is 0 Å². The zero-order valence-corrected chi connectivity index (χ0v) is 13.9. The lowest BCUT2D eigenvalue weighted by atomic mass is 10.1. The van der Waals surface area contributed by atoms with Gasteiger partial charge < -0.3 is 10.1 Å². The molecule has 1 heterocycles. The molecule has 1 N–H and O–H groups in total. The van der Waals surface area contributed by atoms with Crippen molar-refractivity contribution in [3.05, 3.63) is 0 Å². The van der Waals surface area contributed by atoms with Gasteiger partial charge in [0.15, 0.2) is 0 Å². The molecule has 0 aliphatic carbocycles. The second kappa shape index (κ2) is 8.29. The van der Waals surface area contributed by atoms with E-state index < -0.39 is 10.2 Å². The van der Waals surface area contributed by atoms with Crippen molar-refractivity contribution in [3.63, 3.8) is 0 Å². The molecule has 7 heteroatoms. The maximum atomic E-state index is 12.4. The molecule has 0 aromatic rings. The number of hydrogen-bond acceptors (Lipinski definition) is 4. The van der Waals surface area contributed by atoms with Gasteiger partial charge in [-0.1, -0.05) is 13.8 Å². The van der Waals surface area contributed by atoms with E-state index in [0.29, 0.717) is 38.2 Å². The molecule has 0 spiro atoms. The highest BCUT2D eigenvalue weighted by Gasteiger charge is 2.33. The fourth-order valence-electron chi connectivity index (χ4n) is 2.38. The van der Waals surface area contributed by atoms with Crippen LogP contribution in [0.3, 0.4) is 0 Å². The van der Waals surface area contributed by atoms with E-state index in [1.165, 1.54) is 4.31 Å². The van der Waals surface area contributed by atoms with Gasteiger partial charge >= 0.3 is 0 Å². The molecule has 120 valence electrons. The molecule has 1 atom stereocenters. The Bertz CT molecular complexity index is 373. The van der Waals surface area contributed by atoms with E-state index in [2.05, 4.69) is 19.2 Å². The second-order valence-corrected chi connectivity index (χ2v) is 7.80. The number of nitrogens with one attached hydrogen (secondary N) is 1. The topological polar surface area (TPSA) is 61.9 Å². The van der Waals surface area contributed by atoms with Gasteiger partial charge in [-0.05, 0) is 25.3 Å². The highest BCUT2D eigenvalue weighted by molar-refractivity contribution is 7.86. The summed E-state index contributed by atoms with van der Waals surface area (Å²) in [6.07, 6.45) is 1.71. The van der Waals surface area contributed by atoms with E-state index in [1.807, 2.05) is 0 Å². The van der Waals surface area contributed by atoms with Crippen LogP contribution in [0, 0.1) is 5.92 Å². The van der Waals surface area contributed by atoms with Gasteiger partial charge in [-0.2, -0.15) is 17.0 Å². The molecular weight excluding hydrogens is 278 g/mol. The zero-order valence-electron chi connectivity index (χ0n) is 13.1. The Morgan fingerprint density at radius 1 is 1.45 bits per heavy atom. The number of rotatable bonds is 9. The van der Waals surface area contributed by atoms with E-state index in [-0.39, 0.29) is 0 Å². The summed E-state index contributed by atoms with van der Waals surface area (Å²) in [7, 11) is 0.0115. The predicted octanol–water partition coefficient (Wildman–Crippen LogP) is 0.519. The third kappa shape index (κ3) is 5.29. The van der Waals surface area contributed by atoms with Gasteiger partial charge in [0.2, 0.25) is 0 Å². The van der Waals surface area contributed by atoms with Gasteiger partial charge in [0, 0.05) is 39.8 Å². The van der Waals surface area contributed by atoms with Gasteiger partial charge in [0.05, 0.1) is 6.61 Å². The van der Waals surface area contributed by atoms with Crippen molar-refractivity contribution < 1.29 is 13.2 Å². The number of ether oxygens (including phenoxy) is 1. The van der Waals surface area contributed by atoms with Gasteiger partial charge in [-0.15, -0.1) is 0 Å². The third-order valence-corrected chi connectivity index (χ3v) is 5.53. The summed E-state index contributed by atoms with van der Waals surface area (Å²) < 4.78 is 32.9. The molecule has 1 fully saturated rings. The smallest absolute Gasteiger partial charge is 0.281 e. The van der Waals surface area contributed by atoms with Crippen LogP contribution in [0.1, 0.15) is 26.7 Å². The van der Waals surface area contributed by atoms with Crippen molar-refractivity contribution in [2.75, 3.05) is 46.9 Å². The van der Waals surface area contributed by atoms with Crippen molar-refractivity contribution in [2.45, 2.75) is 32.7 Å². The Morgan fingerprint density at radius 2 is 2.15 bits per heavy atom. The van der Waals surface area contributed by atoms with Gasteiger partial charge in [0.25, 0.3) is 10.2 Å². The molecule has 6 nitrogen and oxygen atoms in total. The first kappa shape index (κ1) is 17.8. The van der Waals surface area contributed by atoms with Crippen molar-refractivity contribution in [1.29, 1.82) is 0 Å². The minimum atomic E-state index is -3.31. The lowest BCUT2D eigenvalue weighted by Crippen LogP contribution is -2.41. The third-order valence-electron chi connectivity index (χ3n) is 3.57. The summed E-state index contributed by atoms with van der Waals surface area (Å²) in [6.45, 7) is 7.36. The minimum absolute atomic E-state index is 0.325. The standard InChI is InChI=1S/C13H29N3O3S/c1-12(2)14-7-5-8-15(3)20(17,18)16-9-6-13(10-16)11-19-4/h12-14H,5-11H2,1-4H3. The van der Waals surface area contributed by atoms with Gasteiger partial charge in [0.1, 0.15) is 0 Å². The molecule has 0 saturated carbocycles. The highest BCUT2D eigenvalue weighted by Crippen LogP contribution is 2.21. The Hall–Kier alpha value is -0.210. The zero-order chi connectivity index (χ0) is 15.2. The van der Waals surface area contributed by atoms with E-state index in [1.54, 1.807) is 18.5 Å². The SMILES string of the molecule is COCC1CCN(S(=O)(=O)N(C)CCCNC(C)C)C1. The molecule has 1 rings (SSSR count). The number of nitrogens with zero attached hydrogens (tertiary/aromatic N) is 2. The number of methoxy groups -OCH3 is 1. The first-order valence-corrected chi connectivity index (χ1v) is 8.71. The molecule has 0 aromatic heterocycles.